The Morgan fingerprint density at radius 2 is 1.82 bits per heavy atom. The molecular formula is C27H30N2O5. The van der Waals surface area contributed by atoms with Gasteiger partial charge in [0.15, 0.2) is 17.3 Å². The topological polar surface area (TPSA) is 84.2 Å². The number of piperidine rings is 1. The van der Waals surface area contributed by atoms with Gasteiger partial charge in [0.25, 0.3) is 5.91 Å². The number of hydrogen-bond acceptors (Lipinski definition) is 6. The van der Waals surface area contributed by atoms with Gasteiger partial charge in [-0.1, -0.05) is 25.0 Å². The molecule has 2 N–H and O–H groups in total. The Bertz CT molecular complexity index is 1200. The van der Waals surface area contributed by atoms with Gasteiger partial charge >= 0.3 is 0 Å². The number of nitrogens with one attached hydrogen (secondary N) is 1. The van der Waals surface area contributed by atoms with Gasteiger partial charge < -0.3 is 29.2 Å². The number of nitrogens with zero attached hydrogens (tertiary/aromatic N) is 1. The minimum Gasteiger partial charge on any atom is -0.454 e. The highest BCUT2D eigenvalue weighted by Gasteiger charge is 2.36. The molecule has 7 heteroatoms. The fourth-order valence-corrected chi connectivity index (χ4v) is 5.58. The Hall–Kier alpha value is -3.03. The van der Waals surface area contributed by atoms with Gasteiger partial charge in [0.2, 0.25) is 6.79 Å². The van der Waals surface area contributed by atoms with Crippen LogP contribution in [-0.2, 0) is 12.1 Å². The molecule has 1 amide bonds. The van der Waals surface area contributed by atoms with Gasteiger partial charge in [0.1, 0.15) is 5.58 Å². The van der Waals surface area contributed by atoms with Crippen molar-refractivity contribution in [3.63, 3.8) is 0 Å². The number of aliphatic hydroxyl groups is 1. The minimum atomic E-state index is -0.831. The van der Waals surface area contributed by atoms with E-state index in [1.165, 1.54) is 25.7 Å². The van der Waals surface area contributed by atoms with Crippen molar-refractivity contribution >= 4 is 16.9 Å². The van der Waals surface area contributed by atoms with Crippen molar-refractivity contribution in [2.24, 2.45) is 0 Å². The number of carbonyl (C=O) groups excluding carboxylic acids is 1. The zero-order valence-electron chi connectivity index (χ0n) is 19.2. The standard InChI is InChI=1S/C27H30N2O5/c30-26(28-16-18-5-7-23-24(13-18)33-17-32-23)25-15-19-14-20(6-8-22(19)34-25)27(31)9-11-29(12-10-27)21-3-1-2-4-21/h5-8,13-15,21,31H,1-4,9-12,16-17H2,(H,28,30). The molecule has 6 rings (SSSR count). The lowest BCUT2D eigenvalue weighted by Gasteiger charge is -2.41. The first-order chi connectivity index (χ1) is 16.6. The maximum absolute atomic E-state index is 12.7. The lowest BCUT2D eigenvalue weighted by Crippen LogP contribution is -2.46. The third-order valence-electron chi connectivity index (χ3n) is 7.63. The van der Waals surface area contributed by atoms with Crippen LogP contribution in [0.3, 0.4) is 0 Å². The van der Waals surface area contributed by atoms with Crippen LogP contribution < -0.4 is 14.8 Å². The van der Waals surface area contributed by atoms with Crippen LogP contribution in [0.2, 0.25) is 0 Å². The van der Waals surface area contributed by atoms with E-state index in [9.17, 15) is 9.90 Å². The van der Waals surface area contributed by atoms with Crippen LogP contribution in [0.15, 0.2) is 46.9 Å². The summed E-state index contributed by atoms with van der Waals surface area (Å²) in [4.78, 5) is 15.3. The van der Waals surface area contributed by atoms with Gasteiger partial charge in [-0.25, -0.2) is 0 Å². The van der Waals surface area contributed by atoms with Crippen molar-refractivity contribution in [2.45, 2.75) is 56.7 Å². The van der Waals surface area contributed by atoms with Crippen LogP contribution in [-0.4, -0.2) is 41.8 Å². The SMILES string of the molecule is O=C(NCc1ccc2c(c1)OCO2)c1cc2cc(C3(O)CCN(C4CCCC4)CC3)ccc2o1. The molecule has 0 radical (unpaired) electrons. The largest absolute Gasteiger partial charge is 0.454 e. The van der Waals surface area contributed by atoms with Gasteiger partial charge in [-0.15, -0.1) is 0 Å². The molecule has 1 aliphatic carbocycles. The maximum atomic E-state index is 12.7. The molecule has 1 saturated carbocycles. The second-order valence-corrected chi connectivity index (χ2v) is 9.74. The first-order valence-electron chi connectivity index (χ1n) is 12.2. The molecule has 3 aromatic rings. The highest BCUT2D eigenvalue weighted by molar-refractivity contribution is 5.96. The molecular weight excluding hydrogens is 432 g/mol. The lowest BCUT2D eigenvalue weighted by molar-refractivity contribution is -0.0349. The number of benzene rings is 2. The lowest BCUT2D eigenvalue weighted by atomic mass is 9.83. The van der Waals surface area contributed by atoms with E-state index in [2.05, 4.69) is 10.2 Å². The van der Waals surface area contributed by atoms with Crippen molar-refractivity contribution < 1.29 is 23.8 Å². The monoisotopic (exact) mass is 462 g/mol. The van der Waals surface area contributed by atoms with E-state index < -0.39 is 5.60 Å². The third kappa shape index (κ3) is 4.03. The number of carbonyl (C=O) groups is 1. The Kier molecular flexibility index (Phi) is 5.46. The first-order valence-corrected chi connectivity index (χ1v) is 12.2. The normalized spacial score (nSPS) is 20.1. The molecule has 2 fully saturated rings. The Morgan fingerprint density at radius 3 is 2.65 bits per heavy atom. The predicted molar refractivity (Wildman–Crippen MR) is 127 cm³/mol. The van der Waals surface area contributed by atoms with E-state index in [-0.39, 0.29) is 18.5 Å². The summed E-state index contributed by atoms with van der Waals surface area (Å²) in [5.41, 5.74) is 1.63. The summed E-state index contributed by atoms with van der Waals surface area (Å²) in [6, 6.07) is 13.8. The molecule has 2 aromatic carbocycles. The summed E-state index contributed by atoms with van der Waals surface area (Å²) >= 11 is 0. The number of hydrogen-bond donors (Lipinski definition) is 2. The molecule has 3 aliphatic rings. The molecule has 34 heavy (non-hydrogen) atoms. The smallest absolute Gasteiger partial charge is 0.287 e. The Labute approximate surface area is 198 Å². The van der Waals surface area contributed by atoms with Crippen molar-refractivity contribution in [3.05, 3.63) is 59.4 Å². The van der Waals surface area contributed by atoms with E-state index in [0.29, 0.717) is 29.7 Å². The van der Waals surface area contributed by atoms with E-state index in [4.69, 9.17) is 13.9 Å². The van der Waals surface area contributed by atoms with Crippen LogP contribution >= 0.6 is 0 Å². The molecule has 0 unspecified atom stereocenters. The van der Waals surface area contributed by atoms with E-state index in [1.807, 2.05) is 36.4 Å². The first kappa shape index (κ1) is 21.5. The molecule has 2 aliphatic heterocycles. The zero-order valence-corrected chi connectivity index (χ0v) is 19.2. The second kappa shape index (κ2) is 8.64. The van der Waals surface area contributed by atoms with Crippen molar-refractivity contribution in [2.75, 3.05) is 19.9 Å². The van der Waals surface area contributed by atoms with Crippen LogP contribution in [0.25, 0.3) is 11.0 Å². The fourth-order valence-electron chi connectivity index (χ4n) is 5.58. The number of furan rings is 1. The number of fused-ring (bicyclic) bond motifs is 2. The van der Waals surface area contributed by atoms with Crippen LogP contribution in [0.1, 0.15) is 60.2 Å². The van der Waals surface area contributed by atoms with E-state index >= 15 is 0 Å². The van der Waals surface area contributed by atoms with Crippen LogP contribution in [0.4, 0.5) is 0 Å². The molecule has 178 valence electrons. The van der Waals surface area contributed by atoms with Crippen LogP contribution in [0, 0.1) is 0 Å². The molecule has 7 nitrogen and oxygen atoms in total. The summed E-state index contributed by atoms with van der Waals surface area (Å²) in [6.07, 6.45) is 6.70. The molecule has 0 spiro atoms. The molecule has 1 aromatic heterocycles. The quantitative estimate of drug-likeness (QED) is 0.588. The minimum absolute atomic E-state index is 0.222. The molecule has 0 atom stereocenters. The Morgan fingerprint density at radius 1 is 1.03 bits per heavy atom. The van der Waals surface area contributed by atoms with Crippen molar-refractivity contribution in [3.8, 4) is 11.5 Å². The van der Waals surface area contributed by atoms with Gasteiger partial charge in [0, 0.05) is 31.1 Å². The summed E-state index contributed by atoms with van der Waals surface area (Å²) in [6.45, 7) is 2.44. The highest BCUT2D eigenvalue weighted by atomic mass is 16.7. The number of amides is 1. The Balaban J connectivity index is 1.12. The van der Waals surface area contributed by atoms with Crippen molar-refractivity contribution in [1.29, 1.82) is 0 Å². The third-order valence-corrected chi connectivity index (χ3v) is 7.63. The van der Waals surface area contributed by atoms with Crippen molar-refractivity contribution in [1.82, 2.24) is 10.2 Å². The second-order valence-electron chi connectivity index (χ2n) is 9.74. The number of ether oxygens (including phenoxy) is 2. The summed E-state index contributed by atoms with van der Waals surface area (Å²) in [5.74, 6) is 1.39. The fraction of sp³-hybridized carbons (Fsp3) is 0.444. The van der Waals surface area contributed by atoms with Gasteiger partial charge in [-0.3, -0.25) is 4.79 Å². The highest BCUT2D eigenvalue weighted by Crippen LogP contribution is 2.37. The van der Waals surface area contributed by atoms with Gasteiger partial charge in [-0.2, -0.15) is 0 Å². The predicted octanol–water partition coefficient (Wildman–Crippen LogP) is 4.32. The summed E-state index contributed by atoms with van der Waals surface area (Å²) < 4.78 is 16.5. The average molecular weight is 463 g/mol. The van der Waals surface area contributed by atoms with E-state index in [1.54, 1.807) is 6.07 Å². The molecule has 1 saturated heterocycles. The van der Waals surface area contributed by atoms with E-state index in [0.717, 1.165) is 42.4 Å². The summed E-state index contributed by atoms with van der Waals surface area (Å²) in [5, 5.41) is 15.1. The van der Waals surface area contributed by atoms with Gasteiger partial charge in [-0.05, 0) is 67.1 Å². The maximum Gasteiger partial charge on any atom is 0.287 e. The van der Waals surface area contributed by atoms with Gasteiger partial charge in [0.05, 0.1) is 5.60 Å². The average Bonchev–Trinajstić information content (AvgIpc) is 3.62. The number of rotatable bonds is 5. The zero-order chi connectivity index (χ0) is 23.1. The number of likely N-dealkylation sites (tertiary alicyclic amines) is 1. The molecule has 3 heterocycles. The summed E-state index contributed by atoms with van der Waals surface area (Å²) in [7, 11) is 0. The van der Waals surface area contributed by atoms with Crippen LogP contribution in [0.5, 0.6) is 11.5 Å². The molecule has 0 bridgehead atoms.